The van der Waals surface area contributed by atoms with Crippen LogP contribution in [0.1, 0.15) is 0 Å². The van der Waals surface area contributed by atoms with Crippen LogP contribution in [0.4, 0.5) is 16.2 Å². The SMILES string of the molecule is COc1ccc2c(c1)N(C)C(=O)N(c1ccc(Br)cc1)S2(=O)=O. The van der Waals surface area contributed by atoms with Crippen molar-refractivity contribution in [1.29, 1.82) is 0 Å². The molecule has 0 unspecified atom stereocenters. The average Bonchev–Trinajstić information content (AvgIpc) is 2.54. The molecule has 23 heavy (non-hydrogen) atoms. The minimum atomic E-state index is -3.98. The minimum Gasteiger partial charge on any atom is -0.497 e. The number of urea groups is 1. The maximum atomic E-state index is 12.9. The highest BCUT2D eigenvalue weighted by atomic mass is 79.9. The number of carbonyl (C=O) groups excluding carboxylic acids is 1. The van der Waals surface area contributed by atoms with Gasteiger partial charge in [-0.3, -0.25) is 4.90 Å². The Labute approximate surface area is 142 Å². The largest absolute Gasteiger partial charge is 0.497 e. The fourth-order valence-corrected chi connectivity index (χ4v) is 4.26. The van der Waals surface area contributed by atoms with Crippen LogP contribution < -0.4 is 13.9 Å². The van der Waals surface area contributed by atoms with Crippen molar-refractivity contribution >= 4 is 43.4 Å². The van der Waals surface area contributed by atoms with Gasteiger partial charge in [0.2, 0.25) is 0 Å². The molecule has 0 fully saturated rings. The molecule has 2 aromatic carbocycles. The fraction of sp³-hybridized carbons (Fsp3) is 0.133. The van der Waals surface area contributed by atoms with Crippen LogP contribution in [0.2, 0.25) is 0 Å². The number of halogens is 1. The van der Waals surface area contributed by atoms with Crippen LogP contribution in [0.3, 0.4) is 0 Å². The summed E-state index contributed by atoms with van der Waals surface area (Å²) in [6.07, 6.45) is 0. The highest BCUT2D eigenvalue weighted by molar-refractivity contribution is 9.10. The number of anilines is 2. The van der Waals surface area contributed by atoms with E-state index in [1.807, 2.05) is 0 Å². The molecule has 6 nitrogen and oxygen atoms in total. The molecule has 0 aromatic heterocycles. The molecule has 1 aliphatic heterocycles. The molecule has 2 amide bonds. The van der Waals surface area contributed by atoms with Crippen LogP contribution in [-0.4, -0.2) is 28.6 Å². The number of hydrogen-bond acceptors (Lipinski definition) is 4. The lowest BCUT2D eigenvalue weighted by atomic mass is 10.2. The standard InChI is InChI=1S/C15H13BrN2O4S/c1-17-13-9-12(22-2)7-8-14(13)23(20,21)18(15(17)19)11-5-3-10(16)4-6-11/h3-9H,1-2H3. The molecule has 1 heterocycles. The molecule has 3 rings (SSSR count). The van der Waals surface area contributed by atoms with Gasteiger partial charge in [-0.2, -0.15) is 4.31 Å². The zero-order valence-corrected chi connectivity index (χ0v) is 14.8. The summed E-state index contributed by atoms with van der Waals surface area (Å²) in [7, 11) is -0.974. The van der Waals surface area contributed by atoms with Gasteiger partial charge in [0.1, 0.15) is 10.6 Å². The lowest BCUT2D eigenvalue weighted by Gasteiger charge is -2.34. The van der Waals surface area contributed by atoms with Gasteiger partial charge in [-0.05, 0) is 36.4 Å². The van der Waals surface area contributed by atoms with Crippen molar-refractivity contribution in [2.24, 2.45) is 0 Å². The first-order valence-electron chi connectivity index (χ1n) is 6.63. The Morgan fingerprint density at radius 3 is 2.35 bits per heavy atom. The van der Waals surface area contributed by atoms with Gasteiger partial charge in [0, 0.05) is 17.6 Å². The molecule has 2 aromatic rings. The second-order valence-corrected chi connectivity index (χ2v) is 7.59. The highest BCUT2D eigenvalue weighted by Crippen LogP contribution is 2.38. The molecular formula is C15H13BrN2O4S. The monoisotopic (exact) mass is 396 g/mol. The van der Waals surface area contributed by atoms with E-state index in [9.17, 15) is 13.2 Å². The van der Waals surface area contributed by atoms with E-state index in [1.165, 1.54) is 31.2 Å². The van der Waals surface area contributed by atoms with E-state index >= 15 is 0 Å². The number of rotatable bonds is 2. The Balaban J connectivity index is 2.21. The maximum Gasteiger partial charge on any atom is 0.342 e. The van der Waals surface area contributed by atoms with Crippen LogP contribution in [0.25, 0.3) is 0 Å². The normalized spacial score (nSPS) is 16.2. The maximum absolute atomic E-state index is 12.9. The molecule has 0 aliphatic carbocycles. The summed E-state index contributed by atoms with van der Waals surface area (Å²) in [5, 5.41) is 0. The summed E-state index contributed by atoms with van der Waals surface area (Å²) in [6, 6.07) is 10.4. The second-order valence-electron chi connectivity index (χ2n) is 4.92. The summed E-state index contributed by atoms with van der Waals surface area (Å²) in [5.41, 5.74) is 0.578. The van der Waals surface area contributed by atoms with Crippen molar-refractivity contribution in [3.8, 4) is 5.75 Å². The third kappa shape index (κ3) is 2.47. The van der Waals surface area contributed by atoms with Crippen LogP contribution in [-0.2, 0) is 10.0 Å². The summed E-state index contributed by atoms with van der Waals surface area (Å²) in [5.74, 6) is 0.482. The number of carbonyl (C=O) groups is 1. The van der Waals surface area contributed by atoms with Crippen LogP contribution in [0, 0.1) is 0 Å². The smallest absolute Gasteiger partial charge is 0.342 e. The average molecular weight is 397 g/mol. The highest BCUT2D eigenvalue weighted by Gasteiger charge is 2.41. The molecule has 0 spiro atoms. The van der Waals surface area contributed by atoms with Gasteiger partial charge in [0.05, 0.1) is 18.5 Å². The van der Waals surface area contributed by atoms with Gasteiger partial charge < -0.3 is 4.74 Å². The zero-order valence-electron chi connectivity index (χ0n) is 12.4. The quantitative estimate of drug-likeness (QED) is 0.781. The van der Waals surface area contributed by atoms with Gasteiger partial charge in [-0.25, -0.2) is 13.2 Å². The molecule has 0 radical (unpaired) electrons. The fourth-order valence-electron chi connectivity index (χ4n) is 2.37. The van der Waals surface area contributed by atoms with Crippen LogP contribution in [0.15, 0.2) is 51.8 Å². The molecule has 0 N–H and O–H groups in total. The van der Waals surface area contributed by atoms with Gasteiger partial charge in [0.25, 0.3) is 10.0 Å². The van der Waals surface area contributed by atoms with Gasteiger partial charge in [-0.1, -0.05) is 15.9 Å². The third-order valence-electron chi connectivity index (χ3n) is 3.57. The van der Waals surface area contributed by atoms with Gasteiger partial charge in [0.15, 0.2) is 0 Å². The van der Waals surface area contributed by atoms with E-state index in [0.717, 1.165) is 8.78 Å². The number of methoxy groups -OCH3 is 1. The molecule has 0 saturated carbocycles. The Bertz CT molecular complexity index is 881. The van der Waals surface area contributed by atoms with E-state index in [4.69, 9.17) is 4.74 Å². The Morgan fingerprint density at radius 2 is 1.74 bits per heavy atom. The van der Waals surface area contributed by atoms with Crippen molar-refractivity contribution in [1.82, 2.24) is 0 Å². The van der Waals surface area contributed by atoms with Crippen molar-refractivity contribution in [2.75, 3.05) is 23.4 Å². The predicted molar refractivity (Wildman–Crippen MR) is 90.6 cm³/mol. The first-order chi connectivity index (χ1) is 10.9. The Kier molecular flexibility index (Phi) is 3.81. The van der Waals surface area contributed by atoms with Crippen molar-refractivity contribution in [3.63, 3.8) is 0 Å². The lowest BCUT2D eigenvalue weighted by molar-refractivity contribution is 0.255. The number of benzene rings is 2. The first-order valence-corrected chi connectivity index (χ1v) is 8.86. The zero-order chi connectivity index (χ0) is 16.8. The van der Waals surface area contributed by atoms with Crippen LogP contribution in [0.5, 0.6) is 5.75 Å². The van der Waals surface area contributed by atoms with E-state index < -0.39 is 16.1 Å². The number of ether oxygens (including phenoxy) is 1. The number of hydrogen-bond donors (Lipinski definition) is 0. The summed E-state index contributed by atoms with van der Waals surface area (Å²) >= 11 is 3.29. The second kappa shape index (κ2) is 5.54. The van der Waals surface area contributed by atoms with E-state index in [1.54, 1.807) is 30.3 Å². The molecule has 1 aliphatic rings. The van der Waals surface area contributed by atoms with Gasteiger partial charge >= 0.3 is 6.03 Å². The lowest BCUT2D eigenvalue weighted by Crippen LogP contribution is -2.49. The van der Waals surface area contributed by atoms with Crippen LogP contribution >= 0.6 is 15.9 Å². The Hall–Kier alpha value is -2.06. The molecule has 120 valence electrons. The van der Waals surface area contributed by atoms with Crippen molar-refractivity contribution < 1.29 is 17.9 Å². The number of fused-ring (bicyclic) bond motifs is 1. The molecule has 0 saturated heterocycles. The summed E-state index contributed by atoms with van der Waals surface area (Å²) in [4.78, 5) is 14.0. The number of sulfonamides is 1. The summed E-state index contributed by atoms with van der Waals surface area (Å²) in [6.45, 7) is 0. The predicted octanol–water partition coefficient (Wildman–Crippen LogP) is 3.22. The van der Waals surface area contributed by atoms with E-state index in [2.05, 4.69) is 15.9 Å². The Morgan fingerprint density at radius 1 is 1.09 bits per heavy atom. The first kappa shape index (κ1) is 15.8. The molecule has 8 heteroatoms. The number of amides is 2. The van der Waals surface area contributed by atoms with Crippen molar-refractivity contribution in [2.45, 2.75) is 4.90 Å². The molecule has 0 atom stereocenters. The topological polar surface area (TPSA) is 66.9 Å². The van der Waals surface area contributed by atoms with Gasteiger partial charge in [-0.15, -0.1) is 0 Å². The van der Waals surface area contributed by atoms with Crippen molar-refractivity contribution in [3.05, 3.63) is 46.9 Å². The van der Waals surface area contributed by atoms with E-state index in [-0.39, 0.29) is 10.6 Å². The molecule has 0 bridgehead atoms. The molecular weight excluding hydrogens is 384 g/mol. The number of nitrogens with zero attached hydrogens (tertiary/aromatic N) is 2. The van der Waals surface area contributed by atoms with E-state index in [0.29, 0.717) is 11.4 Å². The summed E-state index contributed by atoms with van der Waals surface area (Å²) < 4.78 is 32.4. The third-order valence-corrected chi connectivity index (χ3v) is 5.84. The minimum absolute atomic E-state index is 0.0586.